The van der Waals surface area contributed by atoms with Gasteiger partial charge in [-0.3, -0.25) is 0 Å². The molecule has 0 N–H and O–H groups in total. The van der Waals surface area contributed by atoms with Crippen LogP contribution in [0.3, 0.4) is 0 Å². The molecule has 22 heavy (non-hydrogen) atoms. The maximum Gasteiger partial charge on any atom is 0.160 e. The second-order valence-corrected chi connectivity index (χ2v) is 6.85. The monoisotopic (exact) mass is 365 g/mol. The molecule has 0 radical (unpaired) electrons. The molecule has 114 valence electrons. The molecule has 0 bridgehead atoms. The second-order valence-electron chi connectivity index (χ2n) is 6.04. The van der Waals surface area contributed by atoms with Crippen LogP contribution in [0.5, 0.6) is 0 Å². The van der Waals surface area contributed by atoms with E-state index in [0.29, 0.717) is 10.3 Å². The van der Waals surface area contributed by atoms with Crippen LogP contribution < -0.4 is 4.90 Å². The first-order chi connectivity index (χ1) is 10.6. The van der Waals surface area contributed by atoms with Crippen LogP contribution in [0.15, 0.2) is 29.0 Å². The van der Waals surface area contributed by atoms with Gasteiger partial charge < -0.3 is 4.90 Å². The Morgan fingerprint density at radius 2 is 1.91 bits per heavy atom. The zero-order chi connectivity index (χ0) is 15.3. The minimum Gasteiger partial charge on any atom is -0.324 e. The Balaban J connectivity index is 1.84. The van der Waals surface area contributed by atoms with Crippen molar-refractivity contribution in [2.45, 2.75) is 31.1 Å². The van der Waals surface area contributed by atoms with Crippen molar-refractivity contribution in [3.63, 3.8) is 0 Å². The lowest BCUT2D eigenvalue weighted by Crippen LogP contribution is -2.29. The first kappa shape index (κ1) is 14.1. The average Bonchev–Trinajstić information content (AvgIpc) is 3.09. The summed E-state index contributed by atoms with van der Waals surface area (Å²) in [6, 6.07) is 3.99. The van der Waals surface area contributed by atoms with E-state index in [1.165, 1.54) is 18.9 Å². The fourth-order valence-electron chi connectivity index (χ4n) is 3.68. The van der Waals surface area contributed by atoms with E-state index in [-0.39, 0.29) is 5.41 Å². The predicted octanol–water partition coefficient (Wildman–Crippen LogP) is 4.48. The maximum absolute atomic E-state index is 13.6. The molecule has 3 nitrogen and oxygen atoms in total. The SMILES string of the molecule is Fc1ccc(N2CC3(CCCC3)c3nc(Br)cnc32)cc1F. The molecule has 1 spiro atoms. The summed E-state index contributed by atoms with van der Waals surface area (Å²) in [5.74, 6) is -0.909. The Labute approximate surface area is 135 Å². The van der Waals surface area contributed by atoms with Crippen molar-refractivity contribution in [1.82, 2.24) is 9.97 Å². The van der Waals surface area contributed by atoms with Crippen LogP contribution in [0.1, 0.15) is 31.4 Å². The molecule has 2 heterocycles. The summed E-state index contributed by atoms with van der Waals surface area (Å²) >= 11 is 3.39. The third-order valence-electron chi connectivity index (χ3n) is 4.72. The minimum absolute atomic E-state index is 0.0169. The van der Waals surface area contributed by atoms with Crippen molar-refractivity contribution in [1.29, 1.82) is 0 Å². The number of fused-ring (bicyclic) bond motifs is 2. The third kappa shape index (κ3) is 2.04. The largest absolute Gasteiger partial charge is 0.324 e. The van der Waals surface area contributed by atoms with Crippen molar-refractivity contribution in [2.24, 2.45) is 0 Å². The van der Waals surface area contributed by atoms with E-state index in [2.05, 4.69) is 25.9 Å². The first-order valence-electron chi connectivity index (χ1n) is 7.35. The number of benzene rings is 1. The van der Waals surface area contributed by atoms with E-state index in [4.69, 9.17) is 0 Å². The van der Waals surface area contributed by atoms with Gasteiger partial charge in [-0.05, 0) is 40.9 Å². The summed E-state index contributed by atoms with van der Waals surface area (Å²) in [6.45, 7) is 0.726. The van der Waals surface area contributed by atoms with Crippen LogP contribution >= 0.6 is 15.9 Å². The highest BCUT2D eigenvalue weighted by atomic mass is 79.9. The standard InChI is InChI=1S/C16H14BrF2N3/c17-13-8-20-15-14(21-13)16(5-1-2-6-16)9-22(15)10-3-4-11(18)12(19)7-10/h3-4,7-8H,1-2,5-6,9H2. The van der Waals surface area contributed by atoms with Crippen LogP contribution in [0.2, 0.25) is 0 Å². The van der Waals surface area contributed by atoms with Gasteiger partial charge in [-0.15, -0.1) is 0 Å². The molecular formula is C16H14BrF2N3. The Kier molecular flexibility index (Phi) is 3.18. The van der Waals surface area contributed by atoms with Crippen molar-refractivity contribution >= 4 is 27.4 Å². The van der Waals surface area contributed by atoms with Gasteiger partial charge in [0.05, 0.1) is 11.9 Å². The molecule has 4 rings (SSSR count). The van der Waals surface area contributed by atoms with Crippen LogP contribution in [-0.2, 0) is 5.41 Å². The van der Waals surface area contributed by atoms with Gasteiger partial charge in [0, 0.05) is 23.7 Å². The summed E-state index contributed by atoms with van der Waals surface area (Å²) in [7, 11) is 0. The Morgan fingerprint density at radius 1 is 1.14 bits per heavy atom. The van der Waals surface area contributed by atoms with E-state index >= 15 is 0 Å². The summed E-state index contributed by atoms with van der Waals surface area (Å²) in [6.07, 6.45) is 6.11. The second kappa shape index (κ2) is 4.98. The topological polar surface area (TPSA) is 29.0 Å². The summed E-state index contributed by atoms with van der Waals surface area (Å²) < 4.78 is 27.5. The molecule has 0 atom stereocenters. The molecule has 1 fully saturated rings. The van der Waals surface area contributed by atoms with Gasteiger partial charge >= 0.3 is 0 Å². The lowest BCUT2D eigenvalue weighted by atomic mass is 9.85. The predicted molar refractivity (Wildman–Crippen MR) is 83.2 cm³/mol. The molecule has 2 aliphatic rings. The summed E-state index contributed by atoms with van der Waals surface area (Å²) in [5.41, 5.74) is 1.58. The Hall–Kier alpha value is -1.56. The highest BCUT2D eigenvalue weighted by Crippen LogP contribution is 2.51. The molecule has 6 heteroatoms. The van der Waals surface area contributed by atoms with Crippen LogP contribution in [0, 0.1) is 11.6 Å². The van der Waals surface area contributed by atoms with E-state index < -0.39 is 11.6 Å². The van der Waals surface area contributed by atoms with Gasteiger partial charge in [-0.1, -0.05) is 12.8 Å². The number of hydrogen-bond donors (Lipinski definition) is 0. The molecular weight excluding hydrogens is 352 g/mol. The van der Waals surface area contributed by atoms with Crippen molar-refractivity contribution in [3.8, 4) is 0 Å². The molecule has 0 amide bonds. The van der Waals surface area contributed by atoms with E-state index in [9.17, 15) is 8.78 Å². The van der Waals surface area contributed by atoms with Gasteiger partial charge in [0.15, 0.2) is 17.5 Å². The number of aromatic nitrogens is 2. The normalized spacial score (nSPS) is 19.0. The highest BCUT2D eigenvalue weighted by Gasteiger charge is 2.47. The molecule has 0 saturated heterocycles. The zero-order valence-electron chi connectivity index (χ0n) is 11.8. The van der Waals surface area contributed by atoms with Gasteiger partial charge in [0.1, 0.15) is 4.60 Å². The molecule has 2 aromatic rings. The van der Waals surface area contributed by atoms with Crippen molar-refractivity contribution < 1.29 is 8.78 Å². The lowest BCUT2D eigenvalue weighted by molar-refractivity contribution is 0.464. The number of anilines is 2. The van der Waals surface area contributed by atoms with E-state index in [1.54, 1.807) is 12.3 Å². The number of rotatable bonds is 1. The number of hydrogen-bond acceptors (Lipinski definition) is 3. The molecule has 1 aliphatic heterocycles. The smallest absolute Gasteiger partial charge is 0.160 e. The van der Waals surface area contributed by atoms with Crippen molar-refractivity contribution in [2.75, 3.05) is 11.4 Å². The Morgan fingerprint density at radius 3 is 2.64 bits per heavy atom. The van der Waals surface area contributed by atoms with Gasteiger partial charge in [0.2, 0.25) is 0 Å². The molecule has 1 saturated carbocycles. The van der Waals surface area contributed by atoms with Gasteiger partial charge in [-0.2, -0.15) is 0 Å². The fraction of sp³-hybridized carbons (Fsp3) is 0.375. The van der Waals surface area contributed by atoms with E-state index in [1.807, 2.05) is 4.90 Å². The van der Waals surface area contributed by atoms with Gasteiger partial charge in [0.25, 0.3) is 0 Å². The van der Waals surface area contributed by atoms with E-state index in [0.717, 1.165) is 37.0 Å². The molecule has 1 aromatic heterocycles. The first-order valence-corrected chi connectivity index (χ1v) is 8.14. The minimum atomic E-state index is -0.837. The number of nitrogens with zero attached hydrogens (tertiary/aromatic N) is 3. The highest BCUT2D eigenvalue weighted by molar-refractivity contribution is 9.10. The average molecular weight is 366 g/mol. The maximum atomic E-state index is 13.6. The van der Waals surface area contributed by atoms with Crippen molar-refractivity contribution in [3.05, 3.63) is 46.3 Å². The quantitative estimate of drug-likeness (QED) is 0.745. The molecule has 0 unspecified atom stereocenters. The molecule has 1 aromatic carbocycles. The fourth-order valence-corrected chi connectivity index (χ4v) is 3.96. The third-order valence-corrected chi connectivity index (χ3v) is 5.10. The molecule has 1 aliphatic carbocycles. The summed E-state index contributed by atoms with van der Waals surface area (Å²) in [5, 5.41) is 0. The van der Waals surface area contributed by atoms with Crippen LogP contribution in [-0.4, -0.2) is 16.5 Å². The zero-order valence-corrected chi connectivity index (χ0v) is 13.4. The Bertz CT molecular complexity index is 744. The lowest BCUT2D eigenvalue weighted by Gasteiger charge is -2.24. The number of halogens is 3. The van der Waals surface area contributed by atoms with Gasteiger partial charge in [-0.25, -0.2) is 18.7 Å². The van der Waals surface area contributed by atoms with Crippen LogP contribution in [0.4, 0.5) is 20.3 Å². The summed E-state index contributed by atoms with van der Waals surface area (Å²) in [4.78, 5) is 11.1. The van der Waals surface area contributed by atoms with Crippen LogP contribution in [0.25, 0.3) is 0 Å².